The third-order valence-electron chi connectivity index (χ3n) is 3.94. The maximum atomic E-state index is 10.7. The van der Waals surface area contributed by atoms with Gasteiger partial charge >= 0.3 is 7.25 Å². The van der Waals surface area contributed by atoms with Crippen molar-refractivity contribution in [2.24, 2.45) is 5.18 Å². The van der Waals surface area contributed by atoms with Crippen LogP contribution >= 0.6 is 11.6 Å². The average molecular weight is 371 g/mol. The van der Waals surface area contributed by atoms with E-state index < -0.39 is 12.3 Å². The van der Waals surface area contributed by atoms with Crippen molar-refractivity contribution in [1.29, 1.82) is 0 Å². The van der Waals surface area contributed by atoms with Gasteiger partial charge in [0.15, 0.2) is 5.00 Å². The number of halogens is 5. The Labute approximate surface area is 145 Å². The lowest BCUT2D eigenvalue weighted by Crippen LogP contribution is -2.48. The second-order valence-electron chi connectivity index (χ2n) is 5.82. The average Bonchev–Trinajstić information content (AvgIpc) is 2.51. The minimum Gasteiger partial charge on any atom is -0.418 e. The first-order valence-electron chi connectivity index (χ1n) is 7.76. The summed E-state index contributed by atoms with van der Waals surface area (Å²) in [4.78, 5) is 9.71. The molecule has 1 rings (SSSR count). The van der Waals surface area contributed by atoms with E-state index in [1.807, 2.05) is 6.07 Å². The first-order valence-corrected chi connectivity index (χ1v) is 8.14. The van der Waals surface area contributed by atoms with Crippen LogP contribution in [0.1, 0.15) is 32.8 Å². The molecule has 24 heavy (non-hydrogen) atoms. The zero-order valence-corrected chi connectivity index (χ0v) is 14.9. The first-order chi connectivity index (χ1) is 11.0. The summed E-state index contributed by atoms with van der Waals surface area (Å²) in [7, 11) is -6.00. The fourth-order valence-corrected chi connectivity index (χ4v) is 2.38. The summed E-state index contributed by atoms with van der Waals surface area (Å²) in [6, 6.07) is 10.5. The van der Waals surface area contributed by atoms with Gasteiger partial charge in [-0.2, -0.15) is 0 Å². The van der Waals surface area contributed by atoms with Gasteiger partial charge in [0.05, 0.1) is 19.6 Å². The van der Waals surface area contributed by atoms with Crippen LogP contribution in [0.3, 0.4) is 0 Å². The third kappa shape index (κ3) is 10.6. The molecule has 0 N–H and O–H groups in total. The summed E-state index contributed by atoms with van der Waals surface area (Å²) >= 11 is 6.05. The van der Waals surface area contributed by atoms with Crippen molar-refractivity contribution in [2.75, 3.05) is 19.6 Å². The molecule has 0 aromatic heterocycles. The third-order valence-corrected chi connectivity index (χ3v) is 4.19. The van der Waals surface area contributed by atoms with Crippen LogP contribution in [0.4, 0.5) is 17.3 Å². The lowest BCUT2D eigenvalue weighted by molar-refractivity contribution is -0.938. The Morgan fingerprint density at radius 1 is 1.12 bits per heavy atom. The molecule has 0 aliphatic heterocycles. The Morgan fingerprint density at radius 3 is 1.96 bits per heavy atom. The smallest absolute Gasteiger partial charge is 0.418 e. The van der Waals surface area contributed by atoms with Crippen LogP contribution in [0, 0.1) is 4.91 Å². The second-order valence-corrected chi connectivity index (χ2v) is 6.63. The topological polar surface area (TPSA) is 29.4 Å². The van der Waals surface area contributed by atoms with E-state index in [1.165, 1.54) is 5.56 Å². The molecule has 0 bridgehead atoms. The van der Waals surface area contributed by atoms with Crippen molar-refractivity contribution in [3.63, 3.8) is 0 Å². The van der Waals surface area contributed by atoms with Gasteiger partial charge in [0.2, 0.25) is 0 Å². The molecule has 1 aromatic carbocycles. The van der Waals surface area contributed by atoms with Crippen LogP contribution in [-0.2, 0) is 6.54 Å². The molecule has 1 atom stereocenters. The van der Waals surface area contributed by atoms with Crippen molar-refractivity contribution in [2.45, 2.75) is 38.7 Å². The van der Waals surface area contributed by atoms with Gasteiger partial charge in [-0.05, 0) is 25.9 Å². The second kappa shape index (κ2) is 9.98. The zero-order valence-electron chi connectivity index (χ0n) is 14.2. The Kier molecular flexibility index (Phi) is 9.51. The maximum absolute atomic E-state index is 10.7. The van der Waals surface area contributed by atoms with E-state index in [0.29, 0.717) is 6.42 Å². The Balaban J connectivity index is 0.000000922. The predicted octanol–water partition coefficient (Wildman–Crippen LogP) is 5.45. The van der Waals surface area contributed by atoms with E-state index >= 15 is 0 Å². The molecule has 0 amide bonds. The van der Waals surface area contributed by atoms with Crippen LogP contribution < -0.4 is 0 Å². The maximum Gasteiger partial charge on any atom is 0.673 e. The number of nitroso groups, excluding NO2 is 1. The molecular weight excluding hydrogens is 346 g/mol. The van der Waals surface area contributed by atoms with E-state index in [4.69, 9.17) is 11.6 Å². The van der Waals surface area contributed by atoms with Crippen LogP contribution in [0.2, 0.25) is 0 Å². The minimum absolute atomic E-state index is 0.604. The van der Waals surface area contributed by atoms with Crippen molar-refractivity contribution in [3.05, 3.63) is 40.8 Å². The lowest BCUT2D eigenvalue weighted by atomic mass is 10.1. The first kappa shape index (κ1) is 22.9. The molecule has 1 aromatic rings. The van der Waals surface area contributed by atoms with E-state index in [1.54, 1.807) is 6.92 Å². The van der Waals surface area contributed by atoms with Gasteiger partial charge in [0.25, 0.3) is 0 Å². The summed E-state index contributed by atoms with van der Waals surface area (Å²) in [5, 5.41) is 3.00. The van der Waals surface area contributed by atoms with E-state index in [2.05, 4.69) is 43.3 Å². The van der Waals surface area contributed by atoms with Crippen molar-refractivity contribution in [1.82, 2.24) is 0 Å². The van der Waals surface area contributed by atoms with Gasteiger partial charge in [-0.25, -0.2) is 0 Å². The highest BCUT2D eigenvalue weighted by Gasteiger charge is 2.30. The summed E-state index contributed by atoms with van der Waals surface area (Å²) < 4.78 is 39.9. The van der Waals surface area contributed by atoms with Gasteiger partial charge in [-0.1, -0.05) is 41.9 Å². The van der Waals surface area contributed by atoms with Gasteiger partial charge in [0.1, 0.15) is 6.54 Å². The number of quaternary nitrogens is 1. The Bertz CT molecular complexity index is 476. The monoisotopic (exact) mass is 370 g/mol. The van der Waals surface area contributed by atoms with Crippen LogP contribution in [0.15, 0.2) is 35.5 Å². The van der Waals surface area contributed by atoms with Gasteiger partial charge in [-0.3, -0.25) is 0 Å². The summed E-state index contributed by atoms with van der Waals surface area (Å²) in [6.07, 6.45) is 0.604. The largest absolute Gasteiger partial charge is 0.673 e. The van der Waals surface area contributed by atoms with Crippen molar-refractivity contribution < 1.29 is 21.7 Å². The molecular formula is C15H24BClF4N2O. The number of hydrogen-bond donors (Lipinski definition) is 0. The molecule has 0 heterocycles. The molecule has 0 saturated carbocycles. The highest BCUT2D eigenvalue weighted by molar-refractivity contribution is 6.50. The number of benzene rings is 1. The Hall–Kier alpha value is -1.15. The Morgan fingerprint density at radius 2 is 1.58 bits per heavy atom. The number of nitrogens with zero attached hydrogens (tertiary/aromatic N) is 2. The number of alkyl halides is 1. The molecule has 0 fully saturated rings. The quantitative estimate of drug-likeness (QED) is 0.149. The molecule has 0 radical (unpaired) electrons. The van der Waals surface area contributed by atoms with Gasteiger partial charge < -0.3 is 21.7 Å². The van der Waals surface area contributed by atoms with E-state index in [0.717, 1.165) is 30.7 Å². The molecule has 9 heteroatoms. The highest BCUT2D eigenvalue weighted by Crippen LogP contribution is 2.24. The normalized spacial score (nSPS) is 14.3. The SMILES string of the molecule is CC[N+](CC)(CCC(C)(Cl)N=O)Cc1ccccc1.F[B-](F)(F)F. The molecule has 0 saturated heterocycles. The molecule has 1 unspecified atom stereocenters. The molecule has 138 valence electrons. The highest BCUT2D eigenvalue weighted by atomic mass is 35.5. The number of hydrogen-bond acceptors (Lipinski definition) is 2. The summed E-state index contributed by atoms with van der Waals surface area (Å²) in [6.45, 7) is 9.95. The minimum atomic E-state index is -6.00. The molecule has 0 aliphatic rings. The van der Waals surface area contributed by atoms with Gasteiger partial charge in [-0.15, -0.1) is 4.91 Å². The van der Waals surface area contributed by atoms with Crippen molar-refractivity contribution >= 4 is 18.9 Å². The molecule has 0 spiro atoms. The van der Waals surface area contributed by atoms with Gasteiger partial charge in [0, 0.05) is 12.0 Å². The van der Waals surface area contributed by atoms with Crippen LogP contribution in [0.25, 0.3) is 0 Å². The number of rotatable bonds is 8. The predicted molar refractivity (Wildman–Crippen MR) is 91.2 cm³/mol. The van der Waals surface area contributed by atoms with Crippen molar-refractivity contribution in [3.8, 4) is 0 Å². The summed E-state index contributed by atoms with van der Waals surface area (Å²) in [5.41, 5.74) is 1.32. The molecule has 3 nitrogen and oxygen atoms in total. The van der Waals surface area contributed by atoms with E-state index in [9.17, 15) is 22.2 Å². The van der Waals surface area contributed by atoms with Crippen LogP contribution in [0.5, 0.6) is 0 Å². The fraction of sp³-hybridized carbons (Fsp3) is 0.600. The zero-order chi connectivity index (χ0) is 18.9. The van der Waals surface area contributed by atoms with Crippen LogP contribution in [-0.4, -0.2) is 36.4 Å². The summed E-state index contributed by atoms with van der Waals surface area (Å²) in [5.74, 6) is 0. The standard InChI is InChI=1S/C15H24ClN2O.BF4/c1-4-18(5-2,12-11-15(3,16)17-19)13-14-9-7-6-8-10-14;2-1(3,4)5/h6-10H,4-5,11-13H2,1-3H3;/q+1;-1. The lowest BCUT2D eigenvalue weighted by Gasteiger charge is -2.38. The molecule has 0 aliphatic carbocycles. The van der Waals surface area contributed by atoms with E-state index in [-0.39, 0.29) is 0 Å². The fourth-order valence-electron chi connectivity index (χ4n) is 2.30.